The third-order valence-corrected chi connectivity index (χ3v) is 4.30. The Balaban J connectivity index is 1.80. The fraction of sp³-hybridized carbons (Fsp3) is 0.125. The summed E-state index contributed by atoms with van der Waals surface area (Å²) < 4.78 is 0. The zero-order valence-electron chi connectivity index (χ0n) is 11.5. The van der Waals surface area contributed by atoms with Crippen LogP contribution in [-0.4, -0.2) is 22.9 Å². The van der Waals surface area contributed by atoms with E-state index in [1.165, 1.54) is 11.3 Å². The van der Waals surface area contributed by atoms with Crippen LogP contribution in [0.5, 0.6) is 0 Å². The fourth-order valence-corrected chi connectivity index (χ4v) is 2.98. The summed E-state index contributed by atoms with van der Waals surface area (Å²) in [5.74, 6) is -1.70. The summed E-state index contributed by atoms with van der Waals surface area (Å²) in [6, 6.07) is 9.93. The lowest BCUT2D eigenvalue weighted by molar-refractivity contribution is -0.308. The van der Waals surface area contributed by atoms with Crippen LogP contribution in [-0.2, 0) is 11.2 Å². The number of amides is 1. The third-order valence-electron chi connectivity index (χ3n) is 3.43. The van der Waals surface area contributed by atoms with Gasteiger partial charge in [-0.25, -0.2) is 0 Å². The van der Waals surface area contributed by atoms with Gasteiger partial charge in [0.15, 0.2) is 0 Å². The van der Waals surface area contributed by atoms with Crippen LogP contribution in [0.1, 0.15) is 15.2 Å². The van der Waals surface area contributed by atoms with Gasteiger partial charge in [0.1, 0.15) is 0 Å². The van der Waals surface area contributed by atoms with Crippen LogP contribution in [0, 0.1) is 0 Å². The molecule has 112 valence electrons. The number of nitrogens with one attached hydrogen (secondary N) is 2. The minimum Gasteiger partial charge on any atom is -0.548 e. The van der Waals surface area contributed by atoms with Crippen molar-refractivity contribution in [2.75, 3.05) is 0 Å². The minimum absolute atomic E-state index is 0.170. The number of carbonyl (C=O) groups is 2. The van der Waals surface area contributed by atoms with Crippen LogP contribution in [0.4, 0.5) is 0 Å². The van der Waals surface area contributed by atoms with Gasteiger partial charge < -0.3 is 20.2 Å². The van der Waals surface area contributed by atoms with Gasteiger partial charge in [-0.1, -0.05) is 24.3 Å². The Labute approximate surface area is 130 Å². The monoisotopic (exact) mass is 313 g/mol. The molecule has 0 fully saturated rings. The molecule has 2 N–H and O–H groups in total. The van der Waals surface area contributed by atoms with Crippen molar-refractivity contribution in [2.24, 2.45) is 0 Å². The smallest absolute Gasteiger partial charge is 0.261 e. The Morgan fingerprint density at radius 1 is 1.23 bits per heavy atom. The van der Waals surface area contributed by atoms with Crippen molar-refractivity contribution in [1.82, 2.24) is 10.3 Å². The number of H-pyrrole nitrogens is 1. The maximum atomic E-state index is 12.0. The lowest BCUT2D eigenvalue weighted by atomic mass is 10.0. The maximum absolute atomic E-state index is 12.0. The summed E-state index contributed by atoms with van der Waals surface area (Å²) in [4.78, 5) is 26.9. The van der Waals surface area contributed by atoms with Crippen molar-refractivity contribution < 1.29 is 14.7 Å². The topological polar surface area (TPSA) is 85.0 Å². The molecule has 0 saturated heterocycles. The number of para-hydroxylation sites is 1. The molecule has 5 nitrogen and oxygen atoms in total. The highest BCUT2D eigenvalue weighted by molar-refractivity contribution is 7.12. The second-order valence-corrected chi connectivity index (χ2v) is 5.83. The number of hydrogen-bond donors (Lipinski definition) is 2. The predicted octanol–water partition coefficient (Wildman–Crippen LogP) is 1.32. The molecule has 2 heterocycles. The summed E-state index contributed by atoms with van der Waals surface area (Å²) in [5, 5.41) is 16.6. The third kappa shape index (κ3) is 2.87. The Morgan fingerprint density at radius 2 is 2.05 bits per heavy atom. The number of aromatic amines is 1. The van der Waals surface area contributed by atoms with Crippen molar-refractivity contribution >= 4 is 34.1 Å². The first kappa shape index (κ1) is 14.3. The van der Waals surface area contributed by atoms with E-state index in [1.807, 2.05) is 24.3 Å². The molecule has 1 amide bonds. The van der Waals surface area contributed by atoms with Crippen LogP contribution in [0.25, 0.3) is 10.9 Å². The molecular formula is C16H13N2O3S-. The Kier molecular flexibility index (Phi) is 3.93. The van der Waals surface area contributed by atoms with E-state index in [4.69, 9.17) is 0 Å². The molecule has 1 atom stereocenters. The molecule has 3 rings (SSSR count). The summed E-state index contributed by atoms with van der Waals surface area (Å²) in [7, 11) is 0. The first-order valence-corrected chi connectivity index (χ1v) is 7.63. The van der Waals surface area contributed by atoms with E-state index in [1.54, 1.807) is 23.7 Å². The molecule has 0 aliphatic heterocycles. The van der Waals surface area contributed by atoms with E-state index >= 15 is 0 Å². The van der Waals surface area contributed by atoms with E-state index in [2.05, 4.69) is 10.3 Å². The van der Waals surface area contributed by atoms with E-state index in [-0.39, 0.29) is 6.42 Å². The number of carboxylic acids is 1. The minimum atomic E-state index is -1.30. The second kappa shape index (κ2) is 6.03. The first-order chi connectivity index (χ1) is 10.6. The van der Waals surface area contributed by atoms with E-state index in [0.29, 0.717) is 4.88 Å². The SMILES string of the molecule is O=C(N[C@H](Cc1c[nH]c2ccccc12)C(=O)[O-])c1cccs1. The van der Waals surface area contributed by atoms with Gasteiger partial charge in [0.25, 0.3) is 5.91 Å². The van der Waals surface area contributed by atoms with Gasteiger partial charge in [-0.2, -0.15) is 0 Å². The molecule has 3 aromatic rings. The number of aliphatic carboxylic acids is 1. The number of benzene rings is 1. The van der Waals surface area contributed by atoms with Crippen molar-refractivity contribution in [3.05, 3.63) is 58.4 Å². The number of hydrogen-bond acceptors (Lipinski definition) is 4. The molecule has 0 aliphatic rings. The van der Waals surface area contributed by atoms with E-state index in [0.717, 1.165) is 16.5 Å². The van der Waals surface area contributed by atoms with E-state index < -0.39 is 17.9 Å². The lowest BCUT2D eigenvalue weighted by Gasteiger charge is -2.19. The van der Waals surface area contributed by atoms with Gasteiger partial charge in [0, 0.05) is 23.5 Å². The molecule has 0 unspecified atom stereocenters. The molecule has 2 aromatic heterocycles. The fourth-order valence-electron chi connectivity index (χ4n) is 2.35. The molecule has 0 aliphatic carbocycles. The van der Waals surface area contributed by atoms with Crippen molar-refractivity contribution in [3.8, 4) is 0 Å². The Morgan fingerprint density at radius 3 is 2.77 bits per heavy atom. The zero-order chi connectivity index (χ0) is 15.5. The molecular weight excluding hydrogens is 300 g/mol. The van der Waals surface area contributed by atoms with Crippen molar-refractivity contribution in [3.63, 3.8) is 0 Å². The number of aromatic nitrogens is 1. The van der Waals surface area contributed by atoms with Crippen LogP contribution in [0.2, 0.25) is 0 Å². The van der Waals surface area contributed by atoms with Gasteiger partial charge in [0.05, 0.1) is 16.9 Å². The largest absolute Gasteiger partial charge is 0.548 e. The van der Waals surface area contributed by atoms with Crippen LogP contribution < -0.4 is 10.4 Å². The molecule has 0 bridgehead atoms. The molecule has 0 radical (unpaired) electrons. The summed E-state index contributed by atoms with van der Waals surface area (Å²) >= 11 is 1.26. The van der Waals surface area contributed by atoms with Crippen molar-refractivity contribution in [2.45, 2.75) is 12.5 Å². The number of carbonyl (C=O) groups excluding carboxylic acids is 2. The quantitative estimate of drug-likeness (QED) is 0.745. The van der Waals surface area contributed by atoms with E-state index in [9.17, 15) is 14.7 Å². The van der Waals surface area contributed by atoms with Gasteiger partial charge in [-0.15, -0.1) is 11.3 Å². The van der Waals surface area contributed by atoms with Gasteiger partial charge in [-0.05, 0) is 23.1 Å². The highest BCUT2D eigenvalue weighted by atomic mass is 32.1. The summed E-state index contributed by atoms with van der Waals surface area (Å²) in [6.45, 7) is 0. The number of fused-ring (bicyclic) bond motifs is 1. The van der Waals surface area contributed by atoms with Gasteiger partial charge in [0.2, 0.25) is 0 Å². The Bertz CT molecular complexity index is 808. The lowest BCUT2D eigenvalue weighted by Crippen LogP contribution is -2.49. The van der Waals surface area contributed by atoms with Crippen molar-refractivity contribution in [1.29, 1.82) is 0 Å². The van der Waals surface area contributed by atoms with Gasteiger partial charge in [-0.3, -0.25) is 4.79 Å². The van der Waals surface area contributed by atoms with Gasteiger partial charge >= 0.3 is 0 Å². The standard InChI is InChI=1S/C16H14N2O3S/c19-15(14-6-3-7-22-14)18-13(16(20)21)8-10-9-17-12-5-2-1-4-11(10)12/h1-7,9,13,17H,8H2,(H,18,19)(H,20,21)/p-1/t13-/m1/s1. The second-order valence-electron chi connectivity index (χ2n) is 4.89. The highest BCUT2D eigenvalue weighted by Gasteiger charge is 2.17. The summed E-state index contributed by atoms with van der Waals surface area (Å²) in [5.41, 5.74) is 1.76. The average Bonchev–Trinajstić information content (AvgIpc) is 3.16. The van der Waals surface area contributed by atoms with Crippen LogP contribution >= 0.6 is 11.3 Å². The number of rotatable bonds is 5. The molecule has 6 heteroatoms. The zero-order valence-corrected chi connectivity index (χ0v) is 12.4. The predicted molar refractivity (Wildman–Crippen MR) is 82.6 cm³/mol. The Hall–Kier alpha value is -2.60. The normalized spacial score (nSPS) is 12.2. The van der Waals surface area contributed by atoms with Crippen LogP contribution in [0.3, 0.4) is 0 Å². The summed E-state index contributed by atoms with van der Waals surface area (Å²) in [6.07, 6.45) is 1.93. The molecule has 1 aromatic carbocycles. The number of thiophene rings is 1. The number of carboxylic acid groups (broad SMARTS) is 1. The highest BCUT2D eigenvalue weighted by Crippen LogP contribution is 2.19. The molecule has 22 heavy (non-hydrogen) atoms. The average molecular weight is 313 g/mol. The first-order valence-electron chi connectivity index (χ1n) is 6.75. The van der Waals surface area contributed by atoms with Crippen LogP contribution in [0.15, 0.2) is 48.0 Å². The molecule has 0 saturated carbocycles. The molecule has 0 spiro atoms. The maximum Gasteiger partial charge on any atom is 0.261 e.